The third-order valence-corrected chi connectivity index (χ3v) is 5.86. The number of nitrogens with one attached hydrogen (secondary N) is 1. The quantitative estimate of drug-likeness (QED) is 0.567. The Bertz CT molecular complexity index is 1270. The van der Waals surface area contributed by atoms with Crippen LogP contribution in [-0.4, -0.2) is 27.8 Å². The molecule has 4 rings (SSSR count). The Morgan fingerprint density at radius 3 is 2.53 bits per heavy atom. The molecule has 0 aliphatic heterocycles. The van der Waals surface area contributed by atoms with E-state index in [9.17, 15) is 22.8 Å². The molecule has 1 aliphatic carbocycles. The van der Waals surface area contributed by atoms with Gasteiger partial charge >= 0.3 is 5.97 Å². The lowest BCUT2D eigenvalue weighted by atomic mass is 10.0. The second-order valence-corrected chi connectivity index (χ2v) is 8.11. The first kappa shape index (κ1) is 21.8. The molecule has 1 aromatic carbocycles. The molecule has 32 heavy (non-hydrogen) atoms. The summed E-state index contributed by atoms with van der Waals surface area (Å²) in [5.41, 5.74) is -1.43. The molecule has 168 valence electrons. The molecule has 2 heterocycles. The monoisotopic (exact) mass is 446 g/mol. The van der Waals surface area contributed by atoms with Gasteiger partial charge in [0.15, 0.2) is 11.5 Å². The summed E-state index contributed by atoms with van der Waals surface area (Å²) in [4.78, 5) is 24.9. The van der Waals surface area contributed by atoms with Crippen molar-refractivity contribution < 1.29 is 22.7 Å². The van der Waals surface area contributed by atoms with Gasteiger partial charge in [-0.15, -0.1) is 10.2 Å². The summed E-state index contributed by atoms with van der Waals surface area (Å²) >= 11 is 0. The topological polar surface area (TPSA) is 86.1 Å². The Hall–Kier alpha value is -3.43. The fourth-order valence-corrected chi connectivity index (χ4v) is 3.68. The maximum Gasteiger partial charge on any atom is 0.359 e. The van der Waals surface area contributed by atoms with Gasteiger partial charge in [-0.1, -0.05) is 18.2 Å². The highest BCUT2D eigenvalue weighted by Gasteiger charge is 2.40. The van der Waals surface area contributed by atoms with Crippen LogP contribution in [-0.2, 0) is 10.3 Å². The normalized spacial score (nSPS) is 15.6. The number of alkyl halides is 2. The number of fused-ring (bicyclic) bond motifs is 1. The summed E-state index contributed by atoms with van der Waals surface area (Å²) in [6.45, 7) is 3.53. The number of esters is 1. The predicted octanol–water partition coefficient (Wildman–Crippen LogP) is 4.34. The van der Waals surface area contributed by atoms with Crippen LogP contribution in [0.25, 0.3) is 10.8 Å². The number of methoxy groups -OCH3 is 1. The second-order valence-electron chi connectivity index (χ2n) is 8.11. The maximum absolute atomic E-state index is 14.6. The van der Waals surface area contributed by atoms with E-state index in [1.807, 2.05) is 6.92 Å². The largest absolute Gasteiger partial charge is 0.464 e. The van der Waals surface area contributed by atoms with Crippen LogP contribution in [0, 0.1) is 5.82 Å². The van der Waals surface area contributed by atoms with Crippen molar-refractivity contribution in [1.29, 1.82) is 0 Å². The standard InChI is InChI=1S/C22H21F3N4O3/c1-11(12-5-4-6-13(17(12)23)19(24)25)26-20-15-10-29(22(2)7-8-22)16(30)9-14(15)18(27-28-20)21(31)32-3/h4-6,9-11,19H,7-8H2,1-3H3,(H,26,28)/t11-/m1/s1. The SMILES string of the molecule is COC(=O)c1nnc(N[C@H](C)c2cccc(C(F)F)c2F)c2cn(C3(C)CC3)c(=O)cc12. The molecule has 1 N–H and O–H groups in total. The van der Waals surface area contributed by atoms with Crippen LogP contribution >= 0.6 is 0 Å². The molecule has 0 spiro atoms. The van der Waals surface area contributed by atoms with Crippen molar-refractivity contribution in [2.75, 3.05) is 12.4 Å². The summed E-state index contributed by atoms with van der Waals surface area (Å²) in [7, 11) is 1.19. The number of halogens is 3. The highest BCUT2D eigenvalue weighted by Crippen LogP contribution is 2.42. The minimum Gasteiger partial charge on any atom is -0.464 e. The first-order chi connectivity index (χ1) is 15.2. The van der Waals surface area contributed by atoms with Crippen molar-refractivity contribution >= 4 is 22.6 Å². The smallest absolute Gasteiger partial charge is 0.359 e. The number of pyridine rings is 1. The summed E-state index contributed by atoms with van der Waals surface area (Å²) in [5, 5.41) is 11.6. The van der Waals surface area contributed by atoms with Gasteiger partial charge in [0, 0.05) is 34.1 Å². The molecule has 0 radical (unpaired) electrons. The Morgan fingerprint density at radius 1 is 1.22 bits per heavy atom. The molecule has 0 amide bonds. The highest BCUT2D eigenvalue weighted by atomic mass is 19.3. The number of carbonyl (C=O) groups excluding carboxylic acids is 1. The molecule has 0 bridgehead atoms. The average Bonchev–Trinajstić information content (AvgIpc) is 3.50. The van der Waals surface area contributed by atoms with E-state index in [-0.39, 0.29) is 33.6 Å². The van der Waals surface area contributed by atoms with Crippen molar-refractivity contribution in [2.45, 2.75) is 44.7 Å². The zero-order valence-corrected chi connectivity index (χ0v) is 17.7. The minimum absolute atomic E-state index is 0.0253. The van der Waals surface area contributed by atoms with Gasteiger partial charge in [-0.2, -0.15) is 0 Å². The fourth-order valence-electron chi connectivity index (χ4n) is 3.68. The third-order valence-electron chi connectivity index (χ3n) is 5.86. The molecule has 7 nitrogen and oxygen atoms in total. The molecular formula is C22H21F3N4O3. The maximum atomic E-state index is 14.6. The number of aromatic nitrogens is 3. The number of rotatable bonds is 6. The van der Waals surface area contributed by atoms with Crippen LogP contribution in [0.5, 0.6) is 0 Å². The molecule has 0 unspecified atom stereocenters. The van der Waals surface area contributed by atoms with E-state index in [2.05, 4.69) is 15.5 Å². The minimum atomic E-state index is -2.95. The zero-order valence-electron chi connectivity index (χ0n) is 17.7. The van der Waals surface area contributed by atoms with E-state index in [0.717, 1.165) is 18.9 Å². The van der Waals surface area contributed by atoms with E-state index in [1.165, 1.54) is 25.3 Å². The number of benzene rings is 1. The fraction of sp³-hybridized carbons (Fsp3) is 0.364. The molecule has 1 aliphatic rings. The molecular weight excluding hydrogens is 425 g/mol. The lowest BCUT2D eigenvalue weighted by Crippen LogP contribution is -2.28. The Labute approximate surface area is 181 Å². The van der Waals surface area contributed by atoms with Crippen LogP contribution in [0.3, 0.4) is 0 Å². The summed E-state index contributed by atoms with van der Waals surface area (Å²) in [6, 6.07) is 4.33. The number of hydrogen-bond acceptors (Lipinski definition) is 6. The second kappa shape index (κ2) is 7.92. The highest BCUT2D eigenvalue weighted by molar-refractivity contribution is 6.05. The van der Waals surface area contributed by atoms with Gasteiger partial charge in [-0.05, 0) is 26.7 Å². The van der Waals surface area contributed by atoms with Gasteiger partial charge < -0.3 is 14.6 Å². The number of carbonyl (C=O) groups is 1. The van der Waals surface area contributed by atoms with Gasteiger partial charge in [0.25, 0.3) is 12.0 Å². The van der Waals surface area contributed by atoms with Crippen molar-refractivity contribution in [2.24, 2.45) is 0 Å². The van der Waals surface area contributed by atoms with Gasteiger partial charge in [-0.25, -0.2) is 18.0 Å². The van der Waals surface area contributed by atoms with Crippen LogP contribution < -0.4 is 10.9 Å². The summed E-state index contributed by atoms with van der Waals surface area (Å²) < 4.78 is 47.1. The molecule has 2 aromatic heterocycles. The first-order valence-corrected chi connectivity index (χ1v) is 10.0. The van der Waals surface area contributed by atoms with Crippen LogP contribution in [0.1, 0.15) is 60.8 Å². The molecule has 1 fully saturated rings. The Kier molecular flexibility index (Phi) is 5.39. The molecule has 3 aromatic rings. The van der Waals surface area contributed by atoms with E-state index < -0.39 is 29.8 Å². The lowest BCUT2D eigenvalue weighted by Gasteiger charge is -2.20. The van der Waals surface area contributed by atoms with E-state index >= 15 is 0 Å². The first-order valence-electron chi connectivity index (χ1n) is 10.0. The lowest BCUT2D eigenvalue weighted by molar-refractivity contribution is 0.0595. The summed E-state index contributed by atoms with van der Waals surface area (Å²) in [5.74, 6) is -1.58. The van der Waals surface area contributed by atoms with Crippen LogP contribution in [0.15, 0.2) is 35.3 Å². The molecule has 0 saturated heterocycles. The van der Waals surface area contributed by atoms with Crippen molar-refractivity contribution in [3.8, 4) is 0 Å². The van der Waals surface area contributed by atoms with Crippen molar-refractivity contribution in [3.63, 3.8) is 0 Å². The van der Waals surface area contributed by atoms with Crippen molar-refractivity contribution in [3.05, 3.63) is 63.5 Å². The predicted molar refractivity (Wildman–Crippen MR) is 111 cm³/mol. The number of nitrogens with zero attached hydrogens (tertiary/aromatic N) is 3. The van der Waals surface area contributed by atoms with Crippen molar-refractivity contribution in [1.82, 2.24) is 14.8 Å². The zero-order chi connectivity index (χ0) is 23.2. The molecule has 10 heteroatoms. The summed E-state index contributed by atoms with van der Waals surface area (Å²) in [6.07, 6.45) is 0.292. The van der Waals surface area contributed by atoms with Gasteiger partial charge in [0.1, 0.15) is 5.82 Å². The van der Waals surface area contributed by atoms with Gasteiger partial charge in [0.2, 0.25) is 0 Å². The Balaban J connectivity index is 1.83. The Morgan fingerprint density at radius 2 is 1.91 bits per heavy atom. The van der Waals surface area contributed by atoms with Gasteiger partial charge in [-0.3, -0.25) is 4.79 Å². The number of anilines is 1. The molecule has 1 atom stereocenters. The van der Waals surface area contributed by atoms with Gasteiger partial charge in [0.05, 0.1) is 18.7 Å². The molecule has 1 saturated carbocycles. The number of ether oxygens (including phenoxy) is 1. The third kappa shape index (κ3) is 3.69. The number of hydrogen-bond donors (Lipinski definition) is 1. The van der Waals surface area contributed by atoms with E-state index in [1.54, 1.807) is 17.7 Å². The van der Waals surface area contributed by atoms with Crippen LogP contribution in [0.2, 0.25) is 0 Å². The average molecular weight is 446 g/mol. The van der Waals surface area contributed by atoms with E-state index in [0.29, 0.717) is 5.39 Å². The van der Waals surface area contributed by atoms with E-state index in [4.69, 9.17) is 4.74 Å². The van der Waals surface area contributed by atoms with Crippen LogP contribution in [0.4, 0.5) is 19.0 Å².